The Labute approximate surface area is 200 Å². The predicted molar refractivity (Wildman–Crippen MR) is 135 cm³/mol. The fourth-order valence-corrected chi connectivity index (χ4v) is 4.30. The van der Waals surface area contributed by atoms with Gasteiger partial charge in [-0.25, -0.2) is 9.59 Å². The third-order valence-electron chi connectivity index (χ3n) is 5.52. The summed E-state index contributed by atoms with van der Waals surface area (Å²) in [5.41, 5.74) is 5.52. The van der Waals surface area contributed by atoms with Gasteiger partial charge < -0.3 is 25.6 Å². The molecule has 7 nitrogen and oxygen atoms in total. The maximum atomic E-state index is 12.8. The topological polar surface area (TPSA) is 82.7 Å². The number of thiocarbonyl (C=S) groups is 1. The van der Waals surface area contributed by atoms with E-state index < -0.39 is 6.04 Å². The zero-order valence-electron chi connectivity index (χ0n) is 19.6. The molecule has 0 spiro atoms. The Balaban J connectivity index is 1.86. The molecule has 1 unspecified atom stereocenters. The SMILES string of the molecule is CCOC(=O)C1=C(C)N(CC)C(=S)NC1c1cccc(NC(=O)Nc2ccc(C)cc2C)c1. The van der Waals surface area contributed by atoms with Crippen LogP contribution in [0.4, 0.5) is 16.2 Å². The molecule has 3 N–H and O–H groups in total. The van der Waals surface area contributed by atoms with Crippen LogP contribution in [0.5, 0.6) is 0 Å². The van der Waals surface area contributed by atoms with Crippen LogP contribution >= 0.6 is 12.2 Å². The number of hydrogen-bond acceptors (Lipinski definition) is 4. The number of carbonyl (C=O) groups is 2. The molecule has 0 saturated carbocycles. The van der Waals surface area contributed by atoms with E-state index in [0.717, 1.165) is 28.1 Å². The van der Waals surface area contributed by atoms with Crippen molar-refractivity contribution in [2.45, 2.75) is 40.7 Å². The van der Waals surface area contributed by atoms with Crippen LogP contribution in [0, 0.1) is 13.8 Å². The third kappa shape index (κ3) is 5.51. The van der Waals surface area contributed by atoms with Crippen LogP contribution in [0.2, 0.25) is 0 Å². The quantitative estimate of drug-likeness (QED) is 0.409. The van der Waals surface area contributed by atoms with E-state index in [4.69, 9.17) is 17.0 Å². The number of anilines is 2. The molecule has 2 amide bonds. The van der Waals surface area contributed by atoms with Crippen LogP contribution in [0.25, 0.3) is 0 Å². The first kappa shape index (κ1) is 24.3. The number of urea groups is 1. The molecule has 1 aliphatic rings. The van der Waals surface area contributed by atoms with E-state index in [9.17, 15) is 9.59 Å². The minimum Gasteiger partial charge on any atom is -0.463 e. The number of ether oxygens (including phenoxy) is 1. The van der Waals surface area contributed by atoms with E-state index in [1.807, 2.05) is 69.0 Å². The van der Waals surface area contributed by atoms with Crippen molar-refractivity contribution in [1.29, 1.82) is 0 Å². The van der Waals surface area contributed by atoms with Gasteiger partial charge in [-0.05, 0) is 76.2 Å². The molecule has 1 aliphatic heterocycles. The second-order valence-electron chi connectivity index (χ2n) is 7.87. The van der Waals surface area contributed by atoms with Crippen LogP contribution in [-0.4, -0.2) is 35.2 Å². The van der Waals surface area contributed by atoms with E-state index in [1.165, 1.54) is 0 Å². The van der Waals surface area contributed by atoms with Gasteiger partial charge in [0.05, 0.1) is 18.2 Å². The lowest BCUT2D eigenvalue weighted by molar-refractivity contribution is -0.139. The normalized spacial score (nSPS) is 15.7. The summed E-state index contributed by atoms with van der Waals surface area (Å²) in [4.78, 5) is 27.3. The van der Waals surface area contributed by atoms with Gasteiger partial charge in [0.2, 0.25) is 0 Å². The van der Waals surface area contributed by atoms with E-state index in [2.05, 4.69) is 16.0 Å². The molecule has 1 heterocycles. The van der Waals surface area contributed by atoms with Crippen molar-refractivity contribution in [1.82, 2.24) is 10.2 Å². The van der Waals surface area contributed by atoms with Crippen LogP contribution < -0.4 is 16.0 Å². The highest BCUT2D eigenvalue weighted by atomic mass is 32.1. The molecule has 0 aliphatic carbocycles. The molecular formula is C25H30N4O3S. The average molecular weight is 467 g/mol. The van der Waals surface area contributed by atoms with E-state index in [-0.39, 0.29) is 18.6 Å². The van der Waals surface area contributed by atoms with Crippen molar-refractivity contribution < 1.29 is 14.3 Å². The van der Waals surface area contributed by atoms with Crippen molar-refractivity contribution in [3.05, 3.63) is 70.4 Å². The zero-order chi connectivity index (χ0) is 24.1. The van der Waals surface area contributed by atoms with Crippen molar-refractivity contribution in [2.24, 2.45) is 0 Å². The van der Waals surface area contributed by atoms with Crippen LogP contribution in [0.3, 0.4) is 0 Å². The summed E-state index contributed by atoms with van der Waals surface area (Å²) in [5, 5.41) is 9.55. The van der Waals surface area contributed by atoms with Crippen LogP contribution in [0.1, 0.15) is 43.5 Å². The van der Waals surface area contributed by atoms with Gasteiger partial charge >= 0.3 is 12.0 Å². The van der Waals surface area contributed by atoms with Gasteiger partial charge in [0.25, 0.3) is 0 Å². The molecule has 3 rings (SSSR count). The Morgan fingerprint density at radius 2 is 1.85 bits per heavy atom. The van der Waals surface area contributed by atoms with Gasteiger partial charge in [0.1, 0.15) is 0 Å². The van der Waals surface area contributed by atoms with Crippen molar-refractivity contribution >= 4 is 40.7 Å². The Kier molecular flexibility index (Phi) is 7.71. The minimum atomic E-state index is -0.483. The van der Waals surface area contributed by atoms with Crippen LogP contribution in [-0.2, 0) is 9.53 Å². The Hall–Kier alpha value is -3.39. The van der Waals surface area contributed by atoms with Gasteiger partial charge in [-0.3, -0.25) is 0 Å². The van der Waals surface area contributed by atoms with Gasteiger partial charge in [-0.2, -0.15) is 0 Å². The largest absolute Gasteiger partial charge is 0.463 e. The lowest BCUT2D eigenvalue weighted by Gasteiger charge is -2.37. The van der Waals surface area contributed by atoms with Crippen LogP contribution in [0.15, 0.2) is 53.7 Å². The first-order valence-corrected chi connectivity index (χ1v) is 11.4. The lowest BCUT2D eigenvalue weighted by Crippen LogP contribution is -2.47. The standard InChI is InChI=1S/C25H30N4O3S/c1-6-29-17(5)21(23(30)32-7-2)22(28-25(29)33)18-9-8-10-19(14-18)26-24(31)27-20-12-11-15(3)13-16(20)4/h8-14,22H,6-7H2,1-5H3,(H,28,33)(H2,26,27,31). The number of aryl methyl sites for hydroxylation is 2. The molecular weight excluding hydrogens is 436 g/mol. The second kappa shape index (κ2) is 10.5. The molecule has 0 radical (unpaired) electrons. The first-order chi connectivity index (χ1) is 15.7. The predicted octanol–water partition coefficient (Wildman–Crippen LogP) is 5.04. The first-order valence-electron chi connectivity index (χ1n) is 11.0. The van der Waals surface area contributed by atoms with E-state index in [1.54, 1.807) is 13.0 Å². The number of benzene rings is 2. The average Bonchev–Trinajstić information content (AvgIpc) is 2.76. The number of esters is 1. The fraction of sp³-hybridized carbons (Fsp3) is 0.320. The second-order valence-corrected chi connectivity index (χ2v) is 8.26. The summed E-state index contributed by atoms with van der Waals surface area (Å²) in [5.74, 6) is -0.389. The van der Waals surface area contributed by atoms with Crippen molar-refractivity contribution in [3.63, 3.8) is 0 Å². The maximum Gasteiger partial charge on any atom is 0.338 e. The smallest absolute Gasteiger partial charge is 0.338 e. The van der Waals surface area contributed by atoms with Gasteiger partial charge in [0, 0.05) is 23.6 Å². The Morgan fingerprint density at radius 3 is 2.52 bits per heavy atom. The number of amides is 2. The lowest BCUT2D eigenvalue weighted by atomic mass is 9.94. The van der Waals surface area contributed by atoms with E-state index >= 15 is 0 Å². The number of nitrogens with one attached hydrogen (secondary N) is 3. The molecule has 2 aromatic rings. The molecule has 0 fully saturated rings. The van der Waals surface area contributed by atoms with Crippen molar-refractivity contribution in [3.8, 4) is 0 Å². The summed E-state index contributed by atoms with van der Waals surface area (Å²) < 4.78 is 5.33. The molecule has 33 heavy (non-hydrogen) atoms. The maximum absolute atomic E-state index is 12.8. The molecule has 8 heteroatoms. The number of hydrogen-bond donors (Lipinski definition) is 3. The molecule has 0 aromatic heterocycles. The summed E-state index contributed by atoms with van der Waals surface area (Å²) in [6, 6.07) is 12.4. The highest BCUT2D eigenvalue weighted by Gasteiger charge is 2.34. The Morgan fingerprint density at radius 1 is 1.09 bits per heavy atom. The molecule has 1 atom stereocenters. The number of carbonyl (C=O) groups excluding carboxylic acids is 2. The van der Waals surface area contributed by atoms with Gasteiger partial charge in [0.15, 0.2) is 5.11 Å². The minimum absolute atomic E-state index is 0.277. The number of rotatable bonds is 6. The highest BCUT2D eigenvalue weighted by molar-refractivity contribution is 7.80. The molecule has 0 bridgehead atoms. The van der Waals surface area contributed by atoms with Gasteiger partial charge in [-0.15, -0.1) is 0 Å². The van der Waals surface area contributed by atoms with E-state index in [0.29, 0.717) is 22.9 Å². The fourth-order valence-electron chi connectivity index (χ4n) is 3.92. The molecule has 0 saturated heterocycles. The van der Waals surface area contributed by atoms with Gasteiger partial charge in [-0.1, -0.05) is 29.8 Å². The summed E-state index contributed by atoms with van der Waals surface area (Å²) in [6.45, 7) is 10.5. The Bertz CT molecular complexity index is 1110. The van der Waals surface area contributed by atoms with Crippen molar-refractivity contribution in [2.75, 3.05) is 23.8 Å². The monoisotopic (exact) mass is 466 g/mol. The number of nitrogens with zero attached hydrogens (tertiary/aromatic N) is 1. The zero-order valence-corrected chi connectivity index (χ0v) is 20.4. The summed E-state index contributed by atoms with van der Waals surface area (Å²) >= 11 is 5.53. The third-order valence-corrected chi connectivity index (χ3v) is 5.85. The molecule has 174 valence electrons. The highest BCUT2D eigenvalue weighted by Crippen LogP contribution is 2.32. The summed E-state index contributed by atoms with van der Waals surface area (Å²) in [6.07, 6.45) is 0. The summed E-state index contributed by atoms with van der Waals surface area (Å²) in [7, 11) is 0. The number of allylic oxidation sites excluding steroid dienone is 1. The molecule has 2 aromatic carbocycles.